The first-order valence-electron chi connectivity index (χ1n) is 4.25. The maximum absolute atomic E-state index is 11.4. The molecule has 0 aromatic carbocycles. The topological polar surface area (TPSA) is 70.7 Å². The van der Waals surface area contributed by atoms with Crippen LogP contribution in [0, 0.1) is 6.92 Å². The molecule has 0 atom stereocenters. The number of aromatic nitrogens is 3. The first kappa shape index (κ1) is 8.68. The third kappa shape index (κ3) is 1.22. The van der Waals surface area contributed by atoms with Crippen LogP contribution in [-0.4, -0.2) is 27.9 Å². The fourth-order valence-electron chi connectivity index (χ4n) is 1.29. The van der Waals surface area contributed by atoms with Crippen LogP contribution in [-0.2, 0) is 0 Å². The summed E-state index contributed by atoms with van der Waals surface area (Å²) in [5.74, 6) is -0.156. The smallest absolute Gasteiger partial charge is 0.254 e. The molecular weight excluding hydrogens is 180 g/mol. The Balaban J connectivity index is 2.67. The predicted octanol–water partition coefficient (Wildman–Crippen LogP) is 0.626. The summed E-state index contributed by atoms with van der Waals surface area (Å²) in [6.45, 7) is 1.84. The van der Waals surface area contributed by atoms with Crippen molar-refractivity contribution >= 4 is 17.1 Å². The van der Waals surface area contributed by atoms with Crippen molar-refractivity contribution in [2.24, 2.45) is 0 Å². The molecule has 0 radical (unpaired) electrons. The van der Waals surface area contributed by atoms with E-state index in [0.717, 1.165) is 5.69 Å². The van der Waals surface area contributed by atoms with Crippen molar-refractivity contribution in [1.29, 1.82) is 0 Å². The zero-order valence-electron chi connectivity index (χ0n) is 7.96. The van der Waals surface area contributed by atoms with Crippen molar-refractivity contribution in [2.75, 3.05) is 7.05 Å². The van der Waals surface area contributed by atoms with E-state index < -0.39 is 0 Å². The summed E-state index contributed by atoms with van der Waals surface area (Å²) in [5, 5.41) is 2.55. The summed E-state index contributed by atoms with van der Waals surface area (Å²) in [4.78, 5) is 22.7. The van der Waals surface area contributed by atoms with E-state index in [9.17, 15) is 4.79 Å². The van der Waals surface area contributed by atoms with Crippen LogP contribution in [0.5, 0.6) is 0 Å². The zero-order chi connectivity index (χ0) is 10.1. The summed E-state index contributed by atoms with van der Waals surface area (Å²) in [5.41, 5.74) is 2.57. The summed E-state index contributed by atoms with van der Waals surface area (Å²) in [7, 11) is 1.59. The Morgan fingerprint density at radius 1 is 1.57 bits per heavy atom. The molecule has 1 amide bonds. The first-order chi connectivity index (χ1) is 6.72. The molecule has 2 aromatic heterocycles. The zero-order valence-corrected chi connectivity index (χ0v) is 7.96. The van der Waals surface area contributed by atoms with Crippen molar-refractivity contribution in [3.8, 4) is 0 Å². The Morgan fingerprint density at radius 2 is 2.36 bits per heavy atom. The molecule has 0 unspecified atom stereocenters. The van der Waals surface area contributed by atoms with E-state index in [4.69, 9.17) is 0 Å². The minimum atomic E-state index is -0.156. The van der Waals surface area contributed by atoms with Gasteiger partial charge in [-0.2, -0.15) is 0 Å². The van der Waals surface area contributed by atoms with Gasteiger partial charge >= 0.3 is 0 Å². The second kappa shape index (κ2) is 3.10. The van der Waals surface area contributed by atoms with Crippen LogP contribution in [0.3, 0.4) is 0 Å². The number of H-pyrrole nitrogens is 1. The van der Waals surface area contributed by atoms with E-state index in [1.165, 1.54) is 0 Å². The molecule has 72 valence electrons. The number of hydrogen-bond donors (Lipinski definition) is 2. The highest BCUT2D eigenvalue weighted by Crippen LogP contribution is 2.13. The fourth-order valence-corrected chi connectivity index (χ4v) is 1.29. The highest BCUT2D eigenvalue weighted by Gasteiger charge is 2.12. The number of aromatic amines is 1. The van der Waals surface area contributed by atoms with Crippen molar-refractivity contribution in [1.82, 2.24) is 20.3 Å². The van der Waals surface area contributed by atoms with E-state index in [1.807, 2.05) is 6.92 Å². The van der Waals surface area contributed by atoms with Gasteiger partial charge in [0.05, 0.1) is 17.5 Å². The predicted molar refractivity (Wildman–Crippen MR) is 52.0 cm³/mol. The number of fused-ring (bicyclic) bond motifs is 1. The number of nitrogens with zero attached hydrogens (tertiary/aromatic N) is 2. The Labute approximate surface area is 80.6 Å². The van der Waals surface area contributed by atoms with E-state index in [1.54, 1.807) is 19.4 Å². The van der Waals surface area contributed by atoms with Crippen molar-refractivity contribution in [2.45, 2.75) is 6.92 Å². The second-order valence-electron chi connectivity index (χ2n) is 2.99. The largest absolute Gasteiger partial charge is 0.355 e. The van der Waals surface area contributed by atoms with E-state index >= 15 is 0 Å². The molecule has 14 heavy (non-hydrogen) atoms. The third-order valence-electron chi connectivity index (χ3n) is 1.97. The van der Waals surface area contributed by atoms with Gasteiger partial charge < -0.3 is 10.3 Å². The molecule has 2 heterocycles. The van der Waals surface area contributed by atoms with Crippen LogP contribution in [0.25, 0.3) is 11.2 Å². The standard InChI is InChI=1S/C9H10N4O/c1-5-3-11-8-7(13-5)6(4-12-8)9(14)10-2/h3-4H,1-2H3,(H,10,14)(H,11,12). The van der Waals surface area contributed by atoms with Gasteiger partial charge in [0.25, 0.3) is 5.91 Å². The monoisotopic (exact) mass is 190 g/mol. The molecule has 0 saturated heterocycles. The number of rotatable bonds is 1. The quantitative estimate of drug-likeness (QED) is 0.692. The van der Waals surface area contributed by atoms with Gasteiger partial charge in [0.15, 0.2) is 5.65 Å². The summed E-state index contributed by atoms with van der Waals surface area (Å²) in [6.07, 6.45) is 3.27. The minimum absolute atomic E-state index is 0.156. The highest BCUT2D eigenvalue weighted by molar-refractivity contribution is 6.04. The van der Waals surface area contributed by atoms with Crippen LogP contribution >= 0.6 is 0 Å². The molecule has 0 bridgehead atoms. The fraction of sp³-hybridized carbons (Fsp3) is 0.222. The molecule has 0 fully saturated rings. The van der Waals surface area contributed by atoms with Gasteiger partial charge in [-0.3, -0.25) is 4.79 Å². The van der Waals surface area contributed by atoms with Crippen LogP contribution in [0.1, 0.15) is 16.1 Å². The lowest BCUT2D eigenvalue weighted by molar-refractivity contribution is 0.0964. The molecule has 2 aromatic rings. The first-order valence-corrected chi connectivity index (χ1v) is 4.25. The Kier molecular flexibility index (Phi) is 1.92. The third-order valence-corrected chi connectivity index (χ3v) is 1.97. The average Bonchev–Trinajstić information content (AvgIpc) is 2.59. The lowest BCUT2D eigenvalue weighted by Crippen LogP contribution is -2.17. The lowest BCUT2D eigenvalue weighted by atomic mass is 10.3. The molecule has 2 N–H and O–H groups in total. The van der Waals surface area contributed by atoms with Crippen molar-refractivity contribution in [3.63, 3.8) is 0 Å². The number of aryl methyl sites for hydroxylation is 1. The normalized spacial score (nSPS) is 10.4. The average molecular weight is 190 g/mol. The van der Waals surface area contributed by atoms with Gasteiger partial charge in [0.2, 0.25) is 0 Å². The summed E-state index contributed by atoms with van der Waals surface area (Å²) in [6, 6.07) is 0. The SMILES string of the molecule is CNC(=O)c1c[nH]c2ncc(C)nc12. The van der Waals surface area contributed by atoms with Crippen LogP contribution in [0.2, 0.25) is 0 Å². The minimum Gasteiger partial charge on any atom is -0.355 e. The number of amides is 1. The Morgan fingerprint density at radius 3 is 3.07 bits per heavy atom. The summed E-state index contributed by atoms with van der Waals surface area (Å²) < 4.78 is 0. The van der Waals surface area contributed by atoms with E-state index in [0.29, 0.717) is 16.7 Å². The van der Waals surface area contributed by atoms with E-state index in [-0.39, 0.29) is 5.91 Å². The molecular formula is C9H10N4O. The molecule has 0 spiro atoms. The molecule has 5 heteroatoms. The Bertz CT molecular complexity index is 489. The van der Waals surface area contributed by atoms with Gasteiger partial charge in [-0.1, -0.05) is 0 Å². The molecule has 0 aliphatic heterocycles. The molecule has 0 aliphatic rings. The maximum atomic E-state index is 11.4. The molecule has 2 rings (SSSR count). The second-order valence-corrected chi connectivity index (χ2v) is 2.99. The summed E-state index contributed by atoms with van der Waals surface area (Å²) >= 11 is 0. The van der Waals surface area contributed by atoms with Gasteiger partial charge in [0.1, 0.15) is 5.52 Å². The molecule has 0 aliphatic carbocycles. The van der Waals surface area contributed by atoms with Crippen molar-refractivity contribution < 1.29 is 4.79 Å². The maximum Gasteiger partial charge on any atom is 0.254 e. The van der Waals surface area contributed by atoms with Crippen molar-refractivity contribution in [3.05, 3.63) is 23.7 Å². The number of hydrogen-bond acceptors (Lipinski definition) is 3. The number of carbonyl (C=O) groups excluding carboxylic acids is 1. The van der Waals surface area contributed by atoms with E-state index in [2.05, 4.69) is 20.3 Å². The number of nitrogens with one attached hydrogen (secondary N) is 2. The lowest BCUT2D eigenvalue weighted by Gasteiger charge is -1.96. The Hall–Kier alpha value is -1.91. The van der Waals surface area contributed by atoms with Gasteiger partial charge in [-0.15, -0.1) is 0 Å². The highest BCUT2D eigenvalue weighted by atomic mass is 16.1. The van der Waals surface area contributed by atoms with Gasteiger partial charge in [0, 0.05) is 13.2 Å². The van der Waals surface area contributed by atoms with Gasteiger partial charge in [-0.05, 0) is 6.92 Å². The number of carbonyl (C=O) groups is 1. The van der Waals surface area contributed by atoms with Crippen LogP contribution < -0.4 is 5.32 Å². The molecule has 5 nitrogen and oxygen atoms in total. The molecule has 0 saturated carbocycles. The van der Waals surface area contributed by atoms with Crippen LogP contribution in [0.4, 0.5) is 0 Å². The van der Waals surface area contributed by atoms with Gasteiger partial charge in [-0.25, -0.2) is 9.97 Å². The van der Waals surface area contributed by atoms with Crippen LogP contribution in [0.15, 0.2) is 12.4 Å².